The Morgan fingerprint density at radius 3 is 2.35 bits per heavy atom. The van der Waals surface area contributed by atoms with Gasteiger partial charge in [0, 0.05) is 63.2 Å². The van der Waals surface area contributed by atoms with Crippen molar-refractivity contribution in [3.8, 4) is 0 Å². The van der Waals surface area contributed by atoms with Crippen molar-refractivity contribution in [1.82, 2.24) is 9.80 Å². The van der Waals surface area contributed by atoms with Crippen LogP contribution >= 0.6 is 0 Å². The van der Waals surface area contributed by atoms with E-state index in [1.807, 2.05) is 34.1 Å². The van der Waals surface area contributed by atoms with Crippen LogP contribution in [0.15, 0.2) is 54.6 Å². The normalized spacial score (nSPS) is 18.7. The Bertz CT molecular complexity index is 917. The van der Waals surface area contributed by atoms with E-state index in [4.69, 9.17) is 0 Å². The molecule has 0 atom stereocenters. The molecule has 31 heavy (non-hydrogen) atoms. The highest BCUT2D eigenvalue weighted by Crippen LogP contribution is 2.40. The summed E-state index contributed by atoms with van der Waals surface area (Å²) in [5, 5.41) is 0. The highest BCUT2D eigenvalue weighted by atomic mass is 16.2. The van der Waals surface area contributed by atoms with E-state index in [1.54, 1.807) is 0 Å². The van der Waals surface area contributed by atoms with Gasteiger partial charge in [-0.1, -0.05) is 62.4 Å². The first kappa shape index (κ1) is 21.6. The number of nitrogens with zero attached hydrogens (tertiary/aromatic N) is 3. The molecule has 5 heteroatoms. The van der Waals surface area contributed by atoms with Gasteiger partial charge in [-0.05, 0) is 23.6 Å². The SMILES string of the molecule is CC1(C)CC(=O)N(CCCC(=O)N2CCN(Cc3ccccc3)CC2)c2ccccc21. The Morgan fingerprint density at radius 2 is 1.61 bits per heavy atom. The molecule has 4 rings (SSSR count). The summed E-state index contributed by atoms with van der Waals surface area (Å²) in [5.74, 6) is 0.364. The summed E-state index contributed by atoms with van der Waals surface area (Å²) in [6.07, 6.45) is 1.71. The number of benzene rings is 2. The molecule has 1 saturated heterocycles. The fourth-order valence-corrected chi connectivity index (χ4v) is 4.77. The van der Waals surface area contributed by atoms with Gasteiger partial charge in [0.15, 0.2) is 0 Å². The van der Waals surface area contributed by atoms with E-state index in [-0.39, 0.29) is 17.2 Å². The Labute approximate surface area is 185 Å². The highest BCUT2D eigenvalue weighted by Gasteiger charge is 2.36. The van der Waals surface area contributed by atoms with Crippen molar-refractivity contribution >= 4 is 17.5 Å². The maximum absolute atomic E-state index is 12.8. The molecule has 2 aromatic carbocycles. The van der Waals surface area contributed by atoms with Crippen LogP contribution in [-0.4, -0.2) is 54.3 Å². The lowest BCUT2D eigenvalue weighted by molar-refractivity contribution is -0.133. The van der Waals surface area contributed by atoms with Crippen LogP contribution in [0.5, 0.6) is 0 Å². The first-order valence-electron chi connectivity index (χ1n) is 11.4. The van der Waals surface area contributed by atoms with Crippen LogP contribution in [0.2, 0.25) is 0 Å². The molecule has 0 radical (unpaired) electrons. The van der Waals surface area contributed by atoms with E-state index in [9.17, 15) is 9.59 Å². The third kappa shape index (κ3) is 4.99. The minimum Gasteiger partial charge on any atom is -0.340 e. The third-order valence-electron chi connectivity index (χ3n) is 6.56. The fraction of sp³-hybridized carbons (Fsp3) is 0.462. The van der Waals surface area contributed by atoms with Gasteiger partial charge < -0.3 is 9.80 Å². The van der Waals surface area contributed by atoms with Gasteiger partial charge in [-0.15, -0.1) is 0 Å². The minimum atomic E-state index is -0.139. The molecule has 0 saturated carbocycles. The summed E-state index contributed by atoms with van der Waals surface area (Å²) in [6, 6.07) is 18.7. The monoisotopic (exact) mass is 419 g/mol. The minimum absolute atomic E-state index is 0.139. The number of piperazine rings is 1. The fourth-order valence-electron chi connectivity index (χ4n) is 4.77. The van der Waals surface area contributed by atoms with Crippen LogP contribution in [0.4, 0.5) is 5.69 Å². The number of fused-ring (bicyclic) bond motifs is 1. The number of hydrogen-bond donors (Lipinski definition) is 0. The van der Waals surface area contributed by atoms with Crippen LogP contribution in [0.3, 0.4) is 0 Å². The molecule has 0 aromatic heterocycles. The Hall–Kier alpha value is -2.66. The van der Waals surface area contributed by atoms with Crippen molar-refractivity contribution in [2.24, 2.45) is 0 Å². The van der Waals surface area contributed by atoms with Gasteiger partial charge in [0.25, 0.3) is 0 Å². The van der Waals surface area contributed by atoms with Gasteiger partial charge in [0.05, 0.1) is 0 Å². The Kier molecular flexibility index (Phi) is 6.42. The molecule has 0 bridgehead atoms. The standard InChI is InChI=1S/C26H33N3O2/c1-26(2)19-25(31)29(23-12-7-6-11-22(23)26)14-8-13-24(30)28-17-15-27(16-18-28)20-21-9-4-3-5-10-21/h3-7,9-12H,8,13-20H2,1-2H3. The van der Waals surface area contributed by atoms with Gasteiger partial charge in [0.2, 0.25) is 11.8 Å². The van der Waals surface area contributed by atoms with E-state index >= 15 is 0 Å². The smallest absolute Gasteiger partial charge is 0.227 e. The molecule has 2 heterocycles. The second kappa shape index (κ2) is 9.23. The lowest BCUT2D eigenvalue weighted by Crippen LogP contribution is -2.48. The zero-order valence-corrected chi connectivity index (χ0v) is 18.7. The molecular weight excluding hydrogens is 386 g/mol. The van der Waals surface area contributed by atoms with Crippen LogP contribution < -0.4 is 4.90 Å². The quantitative estimate of drug-likeness (QED) is 0.715. The zero-order valence-electron chi connectivity index (χ0n) is 18.7. The molecule has 2 aliphatic rings. The molecule has 2 aliphatic heterocycles. The summed E-state index contributed by atoms with van der Waals surface area (Å²) < 4.78 is 0. The molecule has 0 aliphatic carbocycles. The zero-order chi connectivity index (χ0) is 21.8. The molecule has 0 spiro atoms. The lowest BCUT2D eigenvalue weighted by atomic mass is 9.77. The number of anilines is 1. The van der Waals surface area contributed by atoms with Crippen LogP contribution in [0, 0.1) is 0 Å². The number of hydrogen-bond acceptors (Lipinski definition) is 3. The Balaban J connectivity index is 1.26. The molecule has 0 unspecified atom stereocenters. The maximum atomic E-state index is 12.8. The molecule has 164 valence electrons. The van der Waals surface area contributed by atoms with E-state index in [0.29, 0.717) is 25.8 Å². The number of amides is 2. The molecule has 1 fully saturated rings. The second-order valence-corrected chi connectivity index (χ2v) is 9.37. The van der Waals surface area contributed by atoms with Gasteiger partial charge in [-0.2, -0.15) is 0 Å². The molecular formula is C26H33N3O2. The average Bonchev–Trinajstić information content (AvgIpc) is 2.77. The van der Waals surface area contributed by atoms with Crippen molar-refractivity contribution in [3.63, 3.8) is 0 Å². The summed E-state index contributed by atoms with van der Waals surface area (Å²) in [5.41, 5.74) is 3.40. The van der Waals surface area contributed by atoms with Crippen molar-refractivity contribution in [3.05, 3.63) is 65.7 Å². The Morgan fingerprint density at radius 1 is 0.935 bits per heavy atom. The van der Waals surface area contributed by atoms with E-state index in [1.165, 1.54) is 11.1 Å². The van der Waals surface area contributed by atoms with Gasteiger partial charge in [-0.3, -0.25) is 14.5 Å². The first-order chi connectivity index (χ1) is 14.9. The van der Waals surface area contributed by atoms with Crippen molar-refractivity contribution in [2.75, 3.05) is 37.6 Å². The van der Waals surface area contributed by atoms with Gasteiger partial charge >= 0.3 is 0 Å². The van der Waals surface area contributed by atoms with Crippen molar-refractivity contribution in [2.45, 2.75) is 45.1 Å². The molecule has 2 amide bonds. The summed E-state index contributed by atoms with van der Waals surface area (Å²) in [6.45, 7) is 9.18. The first-order valence-corrected chi connectivity index (χ1v) is 11.4. The lowest BCUT2D eigenvalue weighted by Gasteiger charge is -2.39. The number of para-hydroxylation sites is 1. The largest absolute Gasteiger partial charge is 0.340 e. The van der Waals surface area contributed by atoms with E-state index < -0.39 is 0 Å². The molecule has 5 nitrogen and oxygen atoms in total. The van der Waals surface area contributed by atoms with Crippen molar-refractivity contribution in [1.29, 1.82) is 0 Å². The predicted octanol–water partition coefficient (Wildman–Crippen LogP) is 3.83. The van der Waals surface area contributed by atoms with Gasteiger partial charge in [-0.25, -0.2) is 0 Å². The van der Waals surface area contributed by atoms with Crippen LogP contribution in [0.25, 0.3) is 0 Å². The number of carbonyl (C=O) groups excluding carboxylic acids is 2. The van der Waals surface area contributed by atoms with Crippen molar-refractivity contribution < 1.29 is 9.59 Å². The van der Waals surface area contributed by atoms with E-state index in [0.717, 1.165) is 38.4 Å². The molecule has 0 N–H and O–H groups in total. The van der Waals surface area contributed by atoms with Gasteiger partial charge in [0.1, 0.15) is 0 Å². The summed E-state index contributed by atoms with van der Waals surface area (Å²) in [4.78, 5) is 31.8. The van der Waals surface area contributed by atoms with Crippen LogP contribution in [0.1, 0.15) is 44.2 Å². The predicted molar refractivity (Wildman–Crippen MR) is 124 cm³/mol. The maximum Gasteiger partial charge on any atom is 0.227 e. The van der Waals surface area contributed by atoms with E-state index in [2.05, 4.69) is 49.1 Å². The second-order valence-electron chi connectivity index (χ2n) is 9.37. The average molecular weight is 420 g/mol. The summed E-state index contributed by atoms with van der Waals surface area (Å²) in [7, 11) is 0. The topological polar surface area (TPSA) is 43.9 Å². The molecule has 2 aromatic rings. The van der Waals surface area contributed by atoms with Crippen LogP contribution in [-0.2, 0) is 21.5 Å². The number of carbonyl (C=O) groups is 2. The highest BCUT2D eigenvalue weighted by molar-refractivity contribution is 5.97. The summed E-state index contributed by atoms with van der Waals surface area (Å²) >= 11 is 0. The third-order valence-corrected chi connectivity index (χ3v) is 6.56. The number of rotatable bonds is 6.